The van der Waals surface area contributed by atoms with Gasteiger partial charge in [0, 0.05) is 17.5 Å². The summed E-state index contributed by atoms with van der Waals surface area (Å²) in [5.74, 6) is 1.52. The van der Waals surface area contributed by atoms with Crippen molar-refractivity contribution in [3.8, 4) is 0 Å². The van der Waals surface area contributed by atoms with Crippen LogP contribution in [0.15, 0.2) is 17.5 Å². The molecule has 1 N–H and O–H groups in total. The van der Waals surface area contributed by atoms with Crippen LogP contribution in [0.1, 0.15) is 37.6 Å². The molecule has 1 fully saturated rings. The van der Waals surface area contributed by atoms with Gasteiger partial charge < -0.3 is 5.32 Å². The zero-order valence-electron chi connectivity index (χ0n) is 11.9. The van der Waals surface area contributed by atoms with Gasteiger partial charge in [-0.3, -0.25) is 4.90 Å². The van der Waals surface area contributed by atoms with Crippen LogP contribution in [0, 0.1) is 11.8 Å². The van der Waals surface area contributed by atoms with E-state index in [1.54, 1.807) is 0 Å². The van der Waals surface area contributed by atoms with Crippen molar-refractivity contribution in [3.63, 3.8) is 0 Å². The summed E-state index contributed by atoms with van der Waals surface area (Å²) in [6.45, 7) is 8.38. The molecular weight excluding hydrogens is 240 g/mol. The molecule has 102 valence electrons. The molecule has 1 aliphatic rings. The Kier molecular flexibility index (Phi) is 5.22. The molecule has 2 nitrogen and oxygen atoms in total. The van der Waals surface area contributed by atoms with Crippen molar-refractivity contribution >= 4 is 11.3 Å². The van der Waals surface area contributed by atoms with Gasteiger partial charge >= 0.3 is 0 Å². The van der Waals surface area contributed by atoms with Crippen LogP contribution in [0.5, 0.6) is 0 Å². The Morgan fingerprint density at radius 3 is 2.94 bits per heavy atom. The third-order valence-electron chi connectivity index (χ3n) is 3.90. The average molecular weight is 266 g/mol. The molecule has 1 saturated heterocycles. The Labute approximate surface area is 115 Å². The summed E-state index contributed by atoms with van der Waals surface area (Å²) >= 11 is 1.91. The summed E-state index contributed by atoms with van der Waals surface area (Å²) in [6.07, 6.45) is 2.73. The molecule has 1 aromatic heterocycles. The van der Waals surface area contributed by atoms with Crippen LogP contribution in [0.4, 0.5) is 0 Å². The third-order valence-corrected chi connectivity index (χ3v) is 4.85. The van der Waals surface area contributed by atoms with E-state index in [0.717, 1.165) is 12.5 Å². The molecule has 0 bridgehead atoms. The lowest BCUT2D eigenvalue weighted by atomic mass is 9.93. The minimum Gasteiger partial charge on any atom is -0.319 e. The molecule has 0 amide bonds. The molecule has 2 heterocycles. The first kappa shape index (κ1) is 14.0. The van der Waals surface area contributed by atoms with Gasteiger partial charge in [0.15, 0.2) is 0 Å². The third kappa shape index (κ3) is 3.34. The number of nitrogens with one attached hydrogen (secondary N) is 1. The fourth-order valence-electron chi connectivity index (χ4n) is 3.19. The maximum absolute atomic E-state index is 3.34. The van der Waals surface area contributed by atoms with E-state index in [2.05, 4.69) is 48.6 Å². The second-order valence-electron chi connectivity index (χ2n) is 5.77. The fourth-order valence-corrected chi connectivity index (χ4v) is 4.23. The molecule has 0 aliphatic carbocycles. The van der Waals surface area contributed by atoms with Crippen LogP contribution in [0.2, 0.25) is 0 Å². The molecule has 1 aliphatic heterocycles. The highest BCUT2D eigenvalue weighted by Crippen LogP contribution is 2.34. The second-order valence-corrected chi connectivity index (χ2v) is 6.74. The summed E-state index contributed by atoms with van der Waals surface area (Å²) in [6, 6.07) is 5.10. The van der Waals surface area contributed by atoms with E-state index < -0.39 is 0 Å². The summed E-state index contributed by atoms with van der Waals surface area (Å²) in [4.78, 5) is 4.25. The maximum atomic E-state index is 3.34. The molecular formula is C15H26N2S. The van der Waals surface area contributed by atoms with Gasteiger partial charge in [-0.25, -0.2) is 0 Å². The molecule has 0 saturated carbocycles. The van der Waals surface area contributed by atoms with Gasteiger partial charge in [-0.15, -0.1) is 11.3 Å². The van der Waals surface area contributed by atoms with Gasteiger partial charge in [0.1, 0.15) is 0 Å². The monoisotopic (exact) mass is 266 g/mol. The van der Waals surface area contributed by atoms with Crippen molar-refractivity contribution in [2.45, 2.75) is 32.7 Å². The lowest BCUT2D eigenvalue weighted by Crippen LogP contribution is -2.42. The molecule has 2 unspecified atom stereocenters. The normalized spacial score (nSPS) is 23.4. The van der Waals surface area contributed by atoms with Crippen molar-refractivity contribution < 1.29 is 0 Å². The Bertz CT molecular complexity index is 332. The predicted octanol–water partition coefficient (Wildman–Crippen LogP) is 3.38. The molecule has 1 aromatic rings. The average Bonchev–Trinajstić information content (AvgIpc) is 2.83. The van der Waals surface area contributed by atoms with Gasteiger partial charge in [-0.05, 0) is 56.3 Å². The standard InChI is InChI=1S/C15H26N2S/c1-12(2)15(14-7-5-9-18-14)17-8-4-6-13(11-17)10-16-3/h5,7,9,12-13,15-16H,4,6,8,10-11H2,1-3H3. The number of rotatable bonds is 5. The number of thiophene rings is 1. The first-order chi connectivity index (χ1) is 8.72. The summed E-state index contributed by atoms with van der Waals surface area (Å²) in [7, 11) is 2.07. The van der Waals surface area contributed by atoms with Crippen LogP contribution in [0.25, 0.3) is 0 Å². The molecule has 0 radical (unpaired) electrons. The van der Waals surface area contributed by atoms with Crippen LogP contribution < -0.4 is 5.32 Å². The quantitative estimate of drug-likeness (QED) is 0.879. The molecule has 2 rings (SSSR count). The van der Waals surface area contributed by atoms with Gasteiger partial charge in [0.2, 0.25) is 0 Å². The Hall–Kier alpha value is -0.380. The number of likely N-dealkylation sites (tertiary alicyclic amines) is 1. The van der Waals surface area contributed by atoms with Crippen molar-refractivity contribution in [1.82, 2.24) is 10.2 Å². The Morgan fingerprint density at radius 2 is 2.33 bits per heavy atom. The number of nitrogens with zero attached hydrogens (tertiary/aromatic N) is 1. The molecule has 18 heavy (non-hydrogen) atoms. The van der Waals surface area contributed by atoms with E-state index in [0.29, 0.717) is 12.0 Å². The molecule has 3 heteroatoms. The first-order valence-electron chi connectivity index (χ1n) is 7.14. The molecule has 2 atom stereocenters. The maximum Gasteiger partial charge on any atom is 0.0464 e. The van der Waals surface area contributed by atoms with Crippen molar-refractivity contribution in [1.29, 1.82) is 0 Å². The number of piperidine rings is 1. The highest BCUT2D eigenvalue weighted by atomic mass is 32.1. The summed E-state index contributed by atoms with van der Waals surface area (Å²) in [5.41, 5.74) is 0. The van der Waals surface area contributed by atoms with Crippen LogP contribution in [-0.4, -0.2) is 31.6 Å². The predicted molar refractivity (Wildman–Crippen MR) is 80.1 cm³/mol. The van der Waals surface area contributed by atoms with Gasteiger partial charge in [-0.1, -0.05) is 19.9 Å². The summed E-state index contributed by atoms with van der Waals surface area (Å²) in [5, 5.41) is 5.54. The lowest BCUT2D eigenvalue weighted by molar-refractivity contribution is 0.0976. The van der Waals surface area contributed by atoms with Crippen LogP contribution >= 0.6 is 11.3 Å². The highest BCUT2D eigenvalue weighted by Gasteiger charge is 2.29. The molecule has 0 aromatic carbocycles. The van der Waals surface area contributed by atoms with Gasteiger partial charge in [0.05, 0.1) is 0 Å². The lowest BCUT2D eigenvalue weighted by Gasteiger charge is -2.39. The first-order valence-corrected chi connectivity index (χ1v) is 8.02. The fraction of sp³-hybridized carbons (Fsp3) is 0.733. The van der Waals surface area contributed by atoms with Crippen molar-refractivity contribution in [2.24, 2.45) is 11.8 Å². The van der Waals surface area contributed by atoms with Crippen molar-refractivity contribution in [2.75, 3.05) is 26.7 Å². The Balaban J connectivity index is 2.06. The number of hydrogen-bond acceptors (Lipinski definition) is 3. The SMILES string of the molecule is CNCC1CCCN(C(c2cccs2)C(C)C)C1. The molecule has 0 spiro atoms. The zero-order valence-corrected chi connectivity index (χ0v) is 12.7. The van der Waals surface area contributed by atoms with Gasteiger partial charge in [0.25, 0.3) is 0 Å². The van der Waals surface area contributed by atoms with E-state index in [9.17, 15) is 0 Å². The largest absolute Gasteiger partial charge is 0.319 e. The van der Waals surface area contributed by atoms with Gasteiger partial charge in [-0.2, -0.15) is 0 Å². The zero-order chi connectivity index (χ0) is 13.0. The second kappa shape index (κ2) is 6.69. The highest BCUT2D eigenvalue weighted by molar-refractivity contribution is 7.10. The minimum atomic E-state index is 0.615. The van der Waals surface area contributed by atoms with Crippen LogP contribution in [-0.2, 0) is 0 Å². The minimum absolute atomic E-state index is 0.615. The van der Waals surface area contributed by atoms with E-state index in [-0.39, 0.29) is 0 Å². The smallest absolute Gasteiger partial charge is 0.0464 e. The number of hydrogen-bond donors (Lipinski definition) is 1. The topological polar surface area (TPSA) is 15.3 Å². The van der Waals surface area contributed by atoms with E-state index in [1.807, 2.05) is 11.3 Å². The Morgan fingerprint density at radius 1 is 1.50 bits per heavy atom. The van der Waals surface area contributed by atoms with E-state index in [1.165, 1.54) is 30.8 Å². The summed E-state index contributed by atoms with van der Waals surface area (Å²) < 4.78 is 0. The van der Waals surface area contributed by atoms with E-state index >= 15 is 0 Å². The van der Waals surface area contributed by atoms with Crippen LogP contribution in [0.3, 0.4) is 0 Å². The van der Waals surface area contributed by atoms with Crippen molar-refractivity contribution in [3.05, 3.63) is 22.4 Å². The van der Waals surface area contributed by atoms with E-state index in [4.69, 9.17) is 0 Å².